The molecule has 3 rings (SSSR count). The molecule has 0 aliphatic rings. The minimum Gasteiger partial charge on any atom is -0.450 e. The van der Waals surface area contributed by atoms with Crippen LogP contribution in [0, 0.1) is 0 Å². The third-order valence-electron chi connectivity index (χ3n) is 3.68. The molecule has 0 saturated carbocycles. The van der Waals surface area contributed by atoms with Gasteiger partial charge in [0.25, 0.3) is 5.91 Å². The molecule has 2 amide bonds. The number of hydrogen-bond donors (Lipinski definition) is 2. The Hall–Kier alpha value is -3.12. The number of carbonyl (C=O) groups excluding carboxylic acids is 2. The fourth-order valence-corrected chi connectivity index (χ4v) is 2.69. The van der Waals surface area contributed by atoms with Gasteiger partial charge in [0.1, 0.15) is 5.76 Å². The first-order valence-corrected chi connectivity index (χ1v) is 9.06. The van der Waals surface area contributed by atoms with Crippen LogP contribution in [-0.2, 0) is 11.3 Å². The molecule has 27 heavy (non-hydrogen) atoms. The number of furan rings is 1. The van der Waals surface area contributed by atoms with Gasteiger partial charge in [-0.25, -0.2) is 0 Å². The van der Waals surface area contributed by atoms with Gasteiger partial charge in [0, 0.05) is 23.9 Å². The van der Waals surface area contributed by atoms with Gasteiger partial charge >= 0.3 is 0 Å². The van der Waals surface area contributed by atoms with Crippen LogP contribution in [0.25, 0.3) is 6.08 Å². The fraction of sp³-hybridized carbons (Fsp3) is 0.0476. The molecule has 2 N–H and O–H groups in total. The zero-order chi connectivity index (χ0) is 19.1. The Morgan fingerprint density at radius 1 is 1.00 bits per heavy atom. The first-order chi connectivity index (χ1) is 13.1. The molecule has 0 bridgehead atoms. The van der Waals surface area contributed by atoms with Gasteiger partial charge in [0.05, 0.1) is 0 Å². The van der Waals surface area contributed by atoms with Crippen molar-refractivity contribution in [1.82, 2.24) is 5.32 Å². The lowest BCUT2D eigenvalue weighted by molar-refractivity contribution is -0.116. The molecule has 6 heteroatoms. The molecule has 1 aromatic heterocycles. The third kappa shape index (κ3) is 5.69. The maximum absolute atomic E-state index is 12.3. The summed E-state index contributed by atoms with van der Waals surface area (Å²) >= 11 is 3.21. The standard InChI is InChI=1S/C21H17BrN2O3/c22-19-11-9-18(27-19)10-12-20(25)23-14-15-5-4-6-16(13-15)21(26)24-17-7-2-1-3-8-17/h1-13H,14H2,(H,23,25)(H,24,26)/b12-10+. The highest BCUT2D eigenvalue weighted by Gasteiger charge is 2.07. The molecular formula is C21H17BrN2O3. The maximum Gasteiger partial charge on any atom is 0.255 e. The van der Waals surface area contributed by atoms with Crippen LogP contribution in [0.15, 0.2) is 81.9 Å². The van der Waals surface area contributed by atoms with Crippen LogP contribution in [0.1, 0.15) is 21.7 Å². The van der Waals surface area contributed by atoms with Crippen molar-refractivity contribution in [3.8, 4) is 0 Å². The van der Waals surface area contributed by atoms with E-state index in [9.17, 15) is 9.59 Å². The van der Waals surface area contributed by atoms with E-state index in [1.165, 1.54) is 6.08 Å². The van der Waals surface area contributed by atoms with E-state index in [4.69, 9.17) is 4.42 Å². The number of para-hydroxylation sites is 1. The number of hydrogen-bond acceptors (Lipinski definition) is 3. The second kappa shape index (κ2) is 9.00. The average molecular weight is 425 g/mol. The van der Waals surface area contributed by atoms with Gasteiger partial charge in [-0.2, -0.15) is 0 Å². The second-order valence-corrected chi connectivity index (χ2v) is 6.50. The van der Waals surface area contributed by atoms with Crippen LogP contribution in [0.5, 0.6) is 0 Å². The molecule has 0 saturated heterocycles. The molecule has 0 radical (unpaired) electrons. The lowest BCUT2D eigenvalue weighted by Gasteiger charge is -2.07. The second-order valence-electron chi connectivity index (χ2n) is 5.71. The third-order valence-corrected chi connectivity index (χ3v) is 4.11. The zero-order valence-corrected chi connectivity index (χ0v) is 15.9. The summed E-state index contributed by atoms with van der Waals surface area (Å²) in [6.07, 6.45) is 2.99. The van der Waals surface area contributed by atoms with Gasteiger partial charge < -0.3 is 15.1 Å². The van der Waals surface area contributed by atoms with E-state index in [0.717, 1.165) is 11.3 Å². The number of benzene rings is 2. The summed E-state index contributed by atoms with van der Waals surface area (Å²) in [6, 6.07) is 19.9. The molecule has 2 aromatic carbocycles. The quantitative estimate of drug-likeness (QED) is 0.566. The van der Waals surface area contributed by atoms with E-state index in [1.54, 1.807) is 36.4 Å². The molecule has 136 valence electrons. The van der Waals surface area contributed by atoms with Crippen LogP contribution in [0.3, 0.4) is 0 Å². The van der Waals surface area contributed by atoms with Crippen LogP contribution in [0.2, 0.25) is 0 Å². The lowest BCUT2D eigenvalue weighted by Crippen LogP contribution is -2.20. The lowest BCUT2D eigenvalue weighted by atomic mass is 10.1. The summed E-state index contributed by atoms with van der Waals surface area (Å²) in [4.78, 5) is 24.3. The zero-order valence-electron chi connectivity index (χ0n) is 14.3. The SMILES string of the molecule is O=C(/C=C/c1ccc(Br)o1)NCc1cccc(C(=O)Nc2ccccc2)c1. The van der Waals surface area contributed by atoms with E-state index in [2.05, 4.69) is 26.6 Å². The Morgan fingerprint density at radius 3 is 2.56 bits per heavy atom. The van der Waals surface area contributed by atoms with E-state index >= 15 is 0 Å². The van der Waals surface area contributed by atoms with Crippen molar-refractivity contribution in [3.05, 3.63) is 94.4 Å². The van der Waals surface area contributed by atoms with Gasteiger partial charge in [-0.1, -0.05) is 30.3 Å². The van der Waals surface area contributed by atoms with Crippen LogP contribution in [-0.4, -0.2) is 11.8 Å². The van der Waals surface area contributed by atoms with Gasteiger partial charge in [-0.05, 0) is 64.0 Å². The van der Waals surface area contributed by atoms with Gasteiger partial charge in [-0.15, -0.1) is 0 Å². The van der Waals surface area contributed by atoms with Crippen molar-refractivity contribution < 1.29 is 14.0 Å². The highest BCUT2D eigenvalue weighted by Crippen LogP contribution is 2.15. The molecule has 1 heterocycles. The van der Waals surface area contributed by atoms with Gasteiger partial charge in [-0.3, -0.25) is 9.59 Å². The molecule has 3 aromatic rings. The summed E-state index contributed by atoms with van der Waals surface area (Å²) in [5.74, 6) is 0.135. The van der Waals surface area contributed by atoms with Crippen molar-refractivity contribution in [1.29, 1.82) is 0 Å². The Labute approximate surface area is 165 Å². The summed E-state index contributed by atoms with van der Waals surface area (Å²) in [5.41, 5.74) is 2.09. The number of amides is 2. The van der Waals surface area contributed by atoms with Crippen LogP contribution in [0.4, 0.5) is 5.69 Å². The maximum atomic E-state index is 12.3. The van der Waals surface area contributed by atoms with Crippen molar-refractivity contribution in [2.75, 3.05) is 5.32 Å². The number of anilines is 1. The number of nitrogens with one attached hydrogen (secondary N) is 2. The van der Waals surface area contributed by atoms with Gasteiger partial charge in [0.2, 0.25) is 5.91 Å². The minimum absolute atomic E-state index is 0.197. The Bertz CT molecular complexity index is 964. The van der Waals surface area contributed by atoms with Crippen molar-refractivity contribution in [2.45, 2.75) is 6.54 Å². The first-order valence-electron chi connectivity index (χ1n) is 8.27. The topological polar surface area (TPSA) is 71.3 Å². The Balaban J connectivity index is 1.56. The molecule has 0 fully saturated rings. The Morgan fingerprint density at radius 2 is 1.81 bits per heavy atom. The molecule has 0 aliphatic carbocycles. The molecule has 0 aliphatic heterocycles. The van der Waals surface area contributed by atoms with Crippen molar-refractivity contribution in [2.24, 2.45) is 0 Å². The summed E-state index contributed by atoms with van der Waals surface area (Å²) in [6.45, 7) is 0.317. The summed E-state index contributed by atoms with van der Waals surface area (Å²) in [5, 5.41) is 5.62. The average Bonchev–Trinajstić information content (AvgIpc) is 3.11. The summed E-state index contributed by atoms with van der Waals surface area (Å²) in [7, 11) is 0. The predicted octanol–water partition coefficient (Wildman–Crippen LogP) is 4.62. The smallest absolute Gasteiger partial charge is 0.255 e. The van der Waals surface area contributed by atoms with Gasteiger partial charge in [0.15, 0.2) is 4.67 Å². The molecule has 0 unspecified atom stereocenters. The van der Waals surface area contributed by atoms with E-state index in [-0.39, 0.29) is 11.8 Å². The largest absolute Gasteiger partial charge is 0.450 e. The monoisotopic (exact) mass is 424 g/mol. The highest BCUT2D eigenvalue weighted by molar-refractivity contribution is 9.10. The highest BCUT2D eigenvalue weighted by atomic mass is 79.9. The molecule has 0 spiro atoms. The minimum atomic E-state index is -0.248. The number of rotatable bonds is 6. The first kappa shape index (κ1) is 18.7. The number of carbonyl (C=O) groups is 2. The van der Waals surface area contributed by atoms with Crippen molar-refractivity contribution in [3.63, 3.8) is 0 Å². The Kier molecular flexibility index (Phi) is 6.22. The van der Waals surface area contributed by atoms with E-state index in [0.29, 0.717) is 22.5 Å². The van der Waals surface area contributed by atoms with E-state index < -0.39 is 0 Å². The fourth-order valence-electron chi connectivity index (χ4n) is 2.37. The number of halogens is 1. The molecule has 0 atom stereocenters. The van der Waals surface area contributed by atoms with E-state index in [1.807, 2.05) is 36.4 Å². The molecule has 5 nitrogen and oxygen atoms in total. The van der Waals surface area contributed by atoms with Crippen molar-refractivity contribution >= 4 is 39.5 Å². The predicted molar refractivity (Wildman–Crippen MR) is 108 cm³/mol. The van der Waals surface area contributed by atoms with Crippen LogP contribution < -0.4 is 10.6 Å². The normalized spacial score (nSPS) is 10.7. The van der Waals surface area contributed by atoms with Crippen LogP contribution >= 0.6 is 15.9 Å². The molecular weight excluding hydrogens is 408 g/mol. The summed E-state index contributed by atoms with van der Waals surface area (Å²) < 4.78 is 5.90.